The predicted octanol–water partition coefficient (Wildman–Crippen LogP) is 4.57. The highest BCUT2D eigenvalue weighted by Crippen LogP contribution is 2.30. The minimum absolute atomic E-state index is 0.659. The van der Waals surface area contributed by atoms with E-state index in [4.69, 9.17) is 5.73 Å². The number of pyridine rings is 1. The molecule has 0 aliphatic rings. The minimum atomic E-state index is 0.659. The Balaban J connectivity index is 2.05. The average Bonchev–Trinajstić information content (AvgIpc) is 2.51. The van der Waals surface area contributed by atoms with Crippen LogP contribution < -0.4 is 11.1 Å². The summed E-state index contributed by atoms with van der Waals surface area (Å²) in [5.74, 6) is 0. The second-order valence-corrected chi connectivity index (χ2v) is 6.00. The van der Waals surface area contributed by atoms with E-state index in [0.29, 0.717) is 5.69 Å². The van der Waals surface area contributed by atoms with Gasteiger partial charge in [-0.1, -0.05) is 0 Å². The Morgan fingerprint density at radius 1 is 1.14 bits per heavy atom. The summed E-state index contributed by atoms with van der Waals surface area (Å²) >= 11 is 6.01. The number of anilines is 3. The average molecular weight is 313 g/mol. The maximum absolute atomic E-state index is 5.90. The van der Waals surface area contributed by atoms with Crippen molar-refractivity contribution >= 4 is 52.4 Å². The van der Waals surface area contributed by atoms with Gasteiger partial charge in [0.25, 0.3) is 0 Å². The van der Waals surface area contributed by atoms with Crippen LogP contribution in [0.3, 0.4) is 0 Å². The number of rotatable bonds is 3. The largest absolute Gasteiger partial charge is 0.398 e. The first kappa shape index (κ1) is 14.1. The molecule has 106 valence electrons. The van der Waals surface area contributed by atoms with E-state index in [1.54, 1.807) is 18.0 Å². The van der Waals surface area contributed by atoms with Gasteiger partial charge in [-0.15, -0.1) is 24.4 Å². The molecule has 0 fully saturated rings. The number of nitrogen functional groups attached to an aromatic ring is 1. The van der Waals surface area contributed by atoms with E-state index in [1.165, 1.54) is 4.90 Å². The van der Waals surface area contributed by atoms with Crippen molar-refractivity contribution in [2.75, 3.05) is 17.3 Å². The summed E-state index contributed by atoms with van der Waals surface area (Å²) in [6, 6.07) is 14.0. The van der Waals surface area contributed by atoms with Crippen molar-refractivity contribution in [3.05, 3.63) is 48.7 Å². The van der Waals surface area contributed by atoms with Gasteiger partial charge in [0.2, 0.25) is 0 Å². The van der Waals surface area contributed by atoms with Crippen LogP contribution in [0.25, 0.3) is 10.9 Å². The number of benzene rings is 2. The molecule has 3 nitrogen and oxygen atoms in total. The van der Waals surface area contributed by atoms with Crippen molar-refractivity contribution in [3.63, 3.8) is 0 Å². The van der Waals surface area contributed by atoms with Crippen LogP contribution in [0, 0.1) is 0 Å². The molecule has 0 amide bonds. The fraction of sp³-hybridized carbons (Fsp3) is 0.0625. The zero-order valence-electron chi connectivity index (χ0n) is 11.5. The van der Waals surface area contributed by atoms with Gasteiger partial charge in [0.05, 0.1) is 5.52 Å². The van der Waals surface area contributed by atoms with E-state index in [0.717, 1.165) is 27.2 Å². The van der Waals surface area contributed by atoms with Gasteiger partial charge in [-0.05, 0) is 48.7 Å². The number of nitrogens with zero attached hydrogens (tertiary/aromatic N) is 1. The highest BCUT2D eigenvalue weighted by molar-refractivity contribution is 7.98. The molecule has 3 N–H and O–H groups in total. The summed E-state index contributed by atoms with van der Waals surface area (Å²) in [6.45, 7) is 0. The Kier molecular flexibility index (Phi) is 3.94. The molecule has 1 heterocycles. The molecule has 0 saturated heterocycles. The van der Waals surface area contributed by atoms with Gasteiger partial charge >= 0.3 is 0 Å². The van der Waals surface area contributed by atoms with Crippen LogP contribution >= 0.6 is 24.4 Å². The first-order chi connectivity index (χ1) is 10.2. The van der Waals surface area contributed by atoms with Crippen molar-refractivity contribution in [3.8, 4) is 0 Å². The van der Waals surface area contributed by atoms with E-state index in [9.17, 15) is 0 Å². The number of thioether (sulfide) groups is 1. The molecule has 3 aromatic rings. The standard InChI is InChI=1S/C16H15N3S2/c1-21-11-3-4-14-12(9-11)15(6-7-18-14)19-10-2-5-16(20)13(17)8-10/h2-9,20H,17H2,1H3,(H,18,19). The van der Waals surface area contributed by atoms with Crippen LogP contribution in [0.1, 0.15) is 0 Å². The van der Waals surface area contributed by atoms with Gasteiger partial charge in [-0.3, -0.25) is 4.98 Å². The molecule has 21 heavy (non-hydrogen) atoms. The third-order valence-corrected chi connectivity index (χ3v) is 4.39. The Morgan fingerprint density at radius 2 is 2.00 bits per heavy atom. The lowest BCUT2D eigenvalue weighted by Crippen LogP contribution is -1.95. The van der Waals surface area contributed by atoms with Crippen molar-refractivity contribution < 1.29 is 0 Å². The van der Waals surface area contributed by atoms with Crippen LogP contribution in [0.15, 0.2) is 58.5 Å². The number of aromatic nitrogens is 1. The van der Waals surface area contributed by atoms with Gasteiger partial charge < -0.3 is 11.1 Å². The van der Waals surface area contributed by atoms with Crippen molar-refractivity contribution in [2.45, 2.75) is 9.79 Å². The first-order valence-electron chi connectivity index (χ1n) is 6.45. The molecule has 0 aliphatic carbocycles. The van der Waals surface area contributed by atoms with E-state index >= 15 is 0 Å². The van der Waals surface area contributed by atoms with Gasteiger partial charge in [0, 0.05) is 38.4 Å². The maximum atomic E-state index is 5.90. The quantitative estimate of drug-likeness (QED) is 0.376. The zero-order chi connectivity index (χ0) is 14.8. The molecule has 0 unspecified atom stereocenters. The molecule has 0 saturated carbocycles. The van der Waals surface area contributed by atoms with Crippen molar-refractivity contribution in [2.24, 2.45) is 0 Å². The number of nitrogens with two attached hydrogens (primary N) is 1. The van der Waals surface area contributed by atoms with Gasteiger partial charge in [0.15, 0.2) is 0 Å². The lowest BCUT2D eigenvalue weighted by molar-refractivity contribution is 1.38. The van der Waals surface area contributed by atoms with Gasteiger partial charge in [-0.2, -0.15) is 0 Å². The minimum Gasteiger partial charge on any atom is -0.398 e. The summed E-state index contributed by atoms with van der Waals surface area (Å²) in [7, 11) is 0. The molecule has 0 bridgehead atoms. The second kappa shape index (κ2) is 5.87. The maximum Gasteiger partial charge on any atom is 0.0723 e. The van der Waals surface area contributed by atoms with Crippen LogP contribution in [-0.2, 0) is 0 Å². The zero-order valence-corrected chi connectivity index (χ0v) is 13.2. The van der Waals surface area contributed by atoms with Crippen LogP contribution in [0.2, 0.25) is 0 Å². The lowest BCUT2D eigenvalue weighted by Gasteiger charge is -2.11. The summed E-state index contributed by atoms with van der Waals surface area (Å²) in [5.41, 5.74) is 9.48. The molecular weight excluding hydrogens is 298 g/mol. The molecular formula is C16H15N3S2. The number of thiol groups is 1. The molecule has 2 aromatic carbocycles. The third-order valence-electron chi connectivity index (χ3n) is 3.26. The molecule has 3 rings (SSSR count). The molecule has 5 heteroatoms. The third kappa shape index (κ3) is 2.94. The molecule has 1 aromatic heterocycles. The molecule has 0 atom stereocenters. The SMILES string of the molecule is CSc1ccc2nccc(Nc3ccc(S)c(N)c3)c2c1. The fourth-order valence-electron chi connectivity index (χ4n) is 2.15. The molecule has 0 aliphatic heterocycles. The van der Waals surface area contributed by atoms with E-state index in [2.05, 4.69) is 41.3 Å². The highest BCUT2D eigenvalue weighted by Gasteiger charge is 2.05. The number of fused-ring (bicyclic) bond motifs is 1. The summed E-state index contributed by atoms with van der Waals surface area (Å²) in [4.78, 5) is 6.40. The normalized spacial score (nSPS) is 10.8. The van der Waals surface area contributed by atoms with E-state index in [-0.39, 0.29) is 0 Å². The Morgan fingerprint density at radius 3 is 2.76 bits per heavy atom. The molecule has 0 radical (unpaired) electrons. The predicted molar refractivity (Wildman–Crippen MR) is 94.9 cm³/mol. The topological polar surface area (TPSA) is 50.9 Å². The summed E-state index contributed by atoms with van der Waals surface area (Å²) < 4.78 is 0. The number of hydrogen-bond donors (Lipinski definition) is 3. The molecule has 0 spiro atoms. The Labute approximate surface area is 133 Å². The Hall–Kier alpha value is -1.85. The number of nitrogens with one attached hydrogen (secondary N) is 1. The van der Waals surface area contributed by atoms with Crippen molar-refractivity contribution in [1.29, 1.82) is 0 Å². The smallest absolute Gasteiger partial charge is 0.0723 e. The van der Waals surface area contributed by atoms with E-state index < -0.39 is 0 Å². The Bertz CT molecular complexity index is 803. The number of hydrogen-bond acceptors (Lipinski definition) is 5. The summed E-state index contributed by atoms with van der Waals surface area (Å²) in [6.07, 6.45) is 3.87. The van der Waals surface area contributed by atoms with Gasteiger partial charge in [0.1, 0.15) is 0 Å². The monoisotopic (exact) mass is 313 g/mol. The fourth-order valence-corrected chi connectivity index (χ4v) is 2.73. The van der Waals surface area contributed by atoms with E-state index in [1.807, 2.05) is 30.3 Å². The van der Waals surface area contributed by atoms with Crippen LogP contribution in [0.5, 0.6) is 0 Å². The van der Waals surface area contributed by atoms with Crippen molar-refractivity contribution in [1.82, 2.24) is 4.98 Å². The van der Waals surface area contributed by atoms with Gasteiger partial charge in [-0.25, -0.2) is 0 Å². The van der Waals surface area contributed by atoms with Crippen LogP contribution in [-0.4, -0.2) is 11.2 Å². The highest BCUT2D eigenvalue weighted by atomic mass is 32.2. The lowest BCUT2D eigenvalue weighted by atomic mass is 10.1. The first-order valence-corrected chi connectivity index (χ1v) is 8.13. The summed E-state index contributed by atoms with van der Waals surface area (Å²) in [5, 5.41) is 4.50. The van der Waals surface area contributed by atoms with Crippen LogP contribution in [0.4, 0.5) is 17.1 Å². The second-order valence-electron chi connectivity index (χ2n) is 4.64.